The van der Waals surface area contributed by atoms with Gasteiger partial charge < -0.3 is 20.2 Å². The molecular weight excluding hydrogens is 292 g/mol. The monoisotopic (exact) mass is 307 g/mol. The summed E-state index contributed by atoms with van der Waals surface area (Å²) in [6.45, 7) is -0.587. The van der Waals surface area contributed by atoms with Crippen LogP contribution in [0.15, 0.2) is 33.9 Å². The number of ether oxygens (including phenoxy) is 1. The smallest absolute Gasteiger partial charge is 0.337 e. The molecular formula is C12H15N6O4-. The molecule has 10 heteroatoms. The molecule has 22 heavy (non-hydrogen) atoms. The molecule has 0 saturated heterocycles. The molecule has 1 rings (SSSR count). The van der Waals surface area contributed by atoms with Crippen molar-refractivity contribution in [2.45, 2.75) is 6.61 Å². The van der Waals surface area contributed by atoms with Gasteiger partial charge in [0, 0.05) is 19.3 Å². The number of anilines is 1. The number of amides is 1. The van der Waals surface area contributed by atoms with Crippen LogP contribution < -0.4 is 4.90 Å². The molecule has 0 aliphatic rings. The molecule has 10 nitrogen and oxygen atoms in total. The normalized spacial score (nSPS) is 10.3. The summed E-state index contributed by atoms with van der Waals surface area (Å²) < 4.78 is 4.62. The topological polar surface area (TPSA) is 142 Å². The Morgan fingerprint density at radius 2 is 2.14 bits per heavy atom. The first-order chi connectivity index (χ1) is 10.5. The molecule has 0 fully saturated rings. The maximum absolute atomic E-state index is 11.9. The third-order valence-electron chi connectivity index (χ3n) is 2.70. The Kier molecular flexibility index (Phi) is 6.57. The Labute approximate surface area is 126 Å². The van der Waals surface area contributed by atoms with Crippen molar-refractivity contribution in [1.82, 2.24) is 0 Å². The minimum atomic E-state index is -0.576. The van der Waals surface area contributed by atoms with E-state index < -0.39 is 11.9 Å². The van der Waals surface area contributed by atoms with Crippen molar-refractivity contribution in [2.75, 3.05) is 25.6 Å². The van der Waals surface area contributed by atoms with Gasteiger partial charge in [-0.1, -0.05) is 0 Å². The number of hydrogen-bond acceptors (Lipinski definition) is 6. The van der Waals surface area contributed by atoms with E-state index in [-0.39, 0.29) is 18.7 Å². The lowest BCUT2D eigenvalue weighted by molar-refractivity contribution is -0.116. The number of nitrogens with zero attached hydrogens (tertiary/aromatic N) is 5. The third kappa shape index (κ3) is 4.59. The SMILES string of the molecule is COC(=O)c1cc(CO)cc(N(C)C(=O)C[N-]/N=N/N=N)c1. The average molecular weight is 307 g/mol. The highest BCUT2D eigenvalue weighted by atomic mass is 16.5. The van der Waals surface area contributed by atoms with Crippen LogP contribution in [0.4, 0.5) is 5.69 Å². The molecule has 0 spiro atoms. The maximum Gasteiger partial charge on any atom is 0.337 e. The molecule has 0 saturated carbocycles. The molecule has 0 unspecified atom stereocenters. The molecule has 0 aliphatic heterocycles. The standard InChI is InChI=1S/C12H15N6O4/c1-18(11(20)6-14-16-17-15-13)10-4-8(7-19)3-9(5-10)12(21)22-2/h3-5,19H,6-7H2,1-2H3,(H-,13,14,17)/q-1. The zero-order valence-electron chi connectivity index (χ0n) is 12.1. The minimum absolute atomic E-state index is 0.216. The summed E-state index contributed by atoms with van der Waals surface area (Å²) in [6.07, 6.45) is 0. The van der Waals surface area contributed by atoms with E-state index in [0.29, 0.717) is 11.3 Å². The van der Waals surface area contributed by atoms with Crippen LogP contribution in [0, 0.1) is 5.53 Å². The van der Waals surface area contributed by atoms with E-state index in [9.17, 15) is 14.7 Å². The van der Waals surface area contributed by atoms with Gasteiger partial charge in [0.05, 0.1) is 19.3 Å². The van der Waals surface area contributed by atoms with Crippen molar-refractivity contribution < 1.29 is 19.4 Å². The first kappa shape index (κ1) is 17.2. The zero-order chi connectivity index (χ0) is 16.5. The fourth-order valence-electron chi connectivity index (χ4n) is 1.59. The number of nitrogens with one attached hydrogen (secondary N) is 1. The predicted molar refractivity (Wildman–Crippen MR) is 75.3 cm³/mol. The first-order valence-corrected chi connectivity index (χ1v) is 6.06. The van der Waals surface area contributed by atoms with Crippen molar-refractivity contribution in [3.63, 3.8) is 0 Å². The first-order valence-electron chi connectivity index (χ1n) is 6.06. The highest BCUT2D eigenvalue weighted by molar-refractivity contribution is 5.97. The van der Waals surface area contributed by atoms with Crippen LogP contribution in [0.3, 0.4) is 0 Å². The number of carbonyl (C=O) groups excluding carboxylic acids is 2. The van der Waals surface area contributed by atoms with Crippen molar-refractivity contribution in [3.8, 4) is 0 Å². The lowest BCUT2D eigenvalue weighted by atomic mass is 10.1. The van der Waals surface area contributed by atoms with E-state index in [2.05, 4.69) is 25.8 Å². The van der Waals surface area contributed by atoms with Crippen LogP contribution in [0.1, 0.15) is 15.9 Å². The number of likely N-dealkylation sites (N-methyl/N-ethyl adjacent to an activating group) is 1. The van der Waals surface area contributed by atoms with E-state index in [1.165, 1.54) is 31.2 Å². The van der Waals surface area contributed by atoms with Gasteiger partial charge in [0.2, 0.25) is 5.91 Å². The second kappa shape index (κ2) is 8.42. The van der Waals surface area contributed by atoms with Gasteiger partial charge in [-0.3, -0.25) is 10.0 Å². The average Bonchev–Trinajstić information content (AvgIpc) is 2.56. The van der Waals surface area contributed by atoms with Gasteiger partial charge in [-0.05, 0) is 23.8 Å². The summed E-state index contributed by atoms with van der Waals surface area (Å²) in [7, 11) is 2.73. The van der Waals surface area contributed by atoms with Crippen LogP contribution in [0.5, 0.6) is 0 Å². The van der Waals surface area contributed by atoms with E-state index in [1.807, 2.05) is 0 Å². The molecule has 0 aliphatic carbocycles. The van der Waals surface area contributed by atoms with E-state index in [4.69, 9.17) is 5.53 Å². The largest absolute Gasteiger partial charge is 0.465 e. The molecule has 2 N–H and O–H groups in total. The Hall–Kier alpha value is -2.88. The number of carbonyl (C=O) groups is 2. The number of aliphatic hydroxyl groups excluding tert-OH is 1. The van der Waals surface area contributed by atoms with Crippen LogP contribution in [-0.2, 0) is 16.1 Å². The van der Waals surface area contributed by atoms with Crippen molar-refractivity contribution in [2.24, 2.45) is 15.7 Å². The molecule has 1 aromatic rings. The predicted octanol–water partition coefficient (Wildman–Crippen LogP) is 1.62. The molecule has 0 radical (unpaired) electrons. The van der Waals surface area contributed by atoms with E-state index in [1.54, 1.807) is 6.07 Å². The summed E-state index contributed by atoms with van der Waals surface area (Å²) in [5.74, 6) is -0.997. The molecule has 0 heterocycles. The number of methoxy groups -OCH3 is 1. The highest BCUT2D eigenvalue weighted by Gasteiger charge is 2.14. The van der Waals surface area contributed by atoms with Gasteiger partial charge in [-0.2, -0.15) is 0 Å². The van der Waals surface area contributed by atoms with Crippen LogP contribution in [0.2, 0.25) is 0 Å². The molecule has 1 amide bonds. The highest BCUT2D eigenvalue weighted by Crippen LogP contribution is 2.20. The lowest BCUT2D eigenvalue weighted by Gasteiger charge is -2.20. The number of aliphatic hydroxyl groups is 1. The fraction of sp³-hybridized carbons (Fsp3) is 0.333. The van der Waals surface area contributed by atoms with E-state index >= 15 is 0 Å². The summed E-state index contributed by atoms with van der Waals surface area (Å²) >= 11 is 0. The molecule has 0 bridgehead atoms. The summed E-state index contributed by atoms with van der Waals surface area (Å²) in [6, 6.07) is 4.50. The van der Waals surface area contributed by atoms with Gasteiger partial charge in [0.25, 0.3) is 0 Å². The van der Waals surface area contributed by atoms with E-state index in [0.717, 1.165) is 0 Å². The molecule has 118 valence electrons. The van der Waals surface area contributed by atoms with Crippen LogP contribution in [-0.4, -0.2) is 37.7 Å². The minimum Gasteiger partial charge on any atom is -0.465 e. The zero-order valence-corrected chi connectivity index (χ0v) is 12.1. The lowest BCUT2D eigenvalue weighted by Crippen LogP contribution is -2.28. The van der Waals surface area contributed by atoms with Crippen molar-refractivity contribution >= 4 is 17.6 Å². The number of esters is 1. The second-order valence-electron chi connectivity index (χ2n) is 4.07. The third-order valence-corrected chi connectivity index (χ3v) is 2.70. The number of benzene rings is 1. The molecule has 1 aromatic carbocycles. The fourth-order valence-corrected chi connectivity index (χ4v) is 1.59. The Balaban J connectivity index is 2.93. The Morgan fingerprint density at radius 3 is 2.73 bits per heavy atom. The van der Waals surface area contributed by atoms with Gasteiger partial charge >= 0.3 is 5.97 Å². The van der Waals surface area contributed by atoms with Gasteiger partial charge in [-0.15, -0.1) is 5.22 Å². The Bertz CT molecular complexity index is 589. The summed E-state index contributed by atoms with van der Waals surface area (Å²) in [5.41, 5.74) is 10.9. The summed E-state index contributed by atoms with van der Waals surface area (Å²) in [4.78, 5) is 24.8. The van der Waals surface area contributed by atoms with Gasteiger partial charge in [-0.25, -0.2) is 15.5 Å². The number of hydrogen-bond donors (Lipinski definition) is 2. The number of rotatable bonds is 7. The second-order valence-corrected chi connectivity index (χ2v) is 4.07. The van der Waals surface area contributed by atoms with Crippen molar-refractivity contribution in [3.05, 3.63) is 34.8 Å². The maximum atomic E-state index is 11.9. The van der Waals surface area contributed by atoms with Gasteiger partial charge in [0.15, 0.2) is 0 Å². The summed E-state index contributed by atoms with van der Waals surface area (Å²) in [5, 5.41) is 17.9. The van der Waals surface area contributed by atoms with Crippen molar-refractivity contribution in [1.29, 1.82) is 5.53 Å². The Morgan fingerprint density at radius 1 is 1.41 bits per heavy atom. The molecule has 0 atom stereocenters. The quantitative estimate of drug-likeness (QED) is 0.448. The van der Waals surface area contributed by atoms with Gasteiger partial charge in [0.1, 0.15) is 0 Å². The molecule has 0 aromatic heterocycles. The van der Waals surface area contributed by atoms with Crippen LogP contribution in [0.25, 0.3) is 5.43 Å². The van der Waals surface area contributed by atoms with Crippen LogP contribution >= 0.6 is 0 Å².